The van der Waals surface area contributed by atoms with E-state index in [-0.39, 0.29) is 6.04 Å². The van der Waals surface area contributed by atoms with Crippen molar-refractivity contribution >= 4 is 34.7 Å². The molecular weight excluding hydrogens is 498 g/mol. The summed E-state index contributed by atoms with van der Waals surface area (Å²) in [6, 6.07) is 14.6. The normalized spacial score (nSPS) is 15.1. The van der Waals surface area contributed by atoms with Crippen LogP contribution in [0.4, 0.5) is 11.6 Å². The number of likely N-dealkylation sites (N-methyl/N-ethyl adjacent to an activating group) is 1. The monoisotopic (exact) mass is 537 g/mol. The van der Waals surface area contributed by atoms with Gasteiger partial charge in [-0.3, -0.25) is 0 Å². The Kier molecular flexibility index (Phi) is 8.55. The molecule has 1 aliphatic rings. The molecule has 0 radical (unpaired) electrons. The van der Waals surface area contributed by atoms with Crippen molar-refractivity contribution in [2.75, 3.05) is 50.6 Å². The summed E-state index contributed by atoms with van der Waals surface area (Å²) >= 11 is 0. The molecule has 1 atom stereocenters. The Balaban J connectivity index is 1.54. The molecule has 0 amide bonds. The molecule has 4 aromatic rings. The first-order chi connectivity index (χ1) is 19.5. The Morgan fingerprint density at radius 3 is 2.50 bits per heavy atom. The predicted molar refractivity (Wildman–Crippen MR) is 164 cm³/mol. The number of anilines is 2. The number of para-hydroxylation sites is 1. The molecule has 5 rings (SSSR count). The highest BCUT2D eigenvalue weighted by molar-refractivity contribution is 5.83. The Bertz CT molecular complexity index is 1480. The molecule has 0 bridgehead atoms. The van der Waals surface area contributed by atoms with Crippen LogP contribution in [0.3, 0.4) is 0 Å². The predicted octanol–water partition coefficient (Wildman–Crippen LogP) is 5.78. The zero-order valence-corrected chi connectivity index (χ0v) is 24.2. The molecule has 1 aliphatic heterocycles. The van der Waals surface area contributed by atoms with Crippen LogP contribution < -0.4 is 15.0 Å². The summed E-state index contributed by atoms with van der Waals surface area (Å²) in [5, 5.41) is 4.97. The Labute approximate surface area is 237 Å². The molecule has 1 aromatic carbocycles. The number of rotatable bonds is 9. The number of nitrogens with zero attached hydrogens (tertiary/aromatic N) is 6. The summed E-state index contributed by atoms with van der Waals surface area (Å²) in [6.45, 7) is 10.3. The first-order valence-corrected chi connectivity index (χ1v) is 14.1. The lowest BCUT2D eigenvalue weighted by molar-refractivity contribution is 0.311. The van der Waals surface area contributed by atoms with E-state index in [1.54, 1.807) is 13.3 Å². The van der Waals surface area contributed by atoms with Crippen molar-refractivity contribution in [2.45, 2.75) is 39.7 Å². The van der Waals surface area contributed by atoms with E-state index in [0.717, 1.165) is 84.2 Å². The number of aromatic nitrogens is 4. The van der Waals surface area contributed by atoms with E-state index in [1.807, 2.05) is 25.1 Å². The first kappa shape index (κ1) is 27.5. The van der Waals surface area contributed by atoms with Crippen molar-refractivity contribution in [3.05, 3.63) is 76.9 Å². The number of methoxy groups -OCH3 is 1. The van der Waals surface area contributed by atoms with Crippen molar-refractivity contribution in [3.8, 4) is 5.88 Å². The summed E-state index contributed by atoms with van der Waals surface area (Å²) in [4.78, 5) is 24.1. The molecule has 8 nitrogen and oxygen atoms in total. The summed E-state index contributed by atoms with van der Waals surface area (Å²) < 4.78 is 5.20. The van der Waals surface area contributed by atoms with E-state index in [9.17, 15) is 0 Å². The van der Waals surface area contributed by atoms with Crippen LogP contribution in [0, 0.1) is 6.92 Å². The minimum absolute atomic E-state index is 0.0283. The number of fused-ring (bicyclic) bond motifs is 1. The average Bonchev–Trinajstić information content (AvgIpc) is 2.99. The maximum atomic E-state index is 5.20. The molecule has 0 saturated carbocycles. The van der Waals surface area contributed by atoms with Gasteiger partial charge in [-0.15, -0.1) is 0 Å². The Morgan fingerprint density at radius 1 is 1.00 bits per heavy atom. The number of pyridine rings is 2. The molecule has 3 aromatic heterocycles. The molecule has 0 aliphatic carbocycles. The van der Waals surface area contributed by atoms with Crippen LogP contribution in [0.25, 0.3) is 23.1 Å². The minimum atomic E-state index is 0.0283. The molecule has 40 heavy (non-hydrogen) atoms. The van der Waals surface area contributed by atoms with Crippen LogP contribution >= 0.6 is 0 Å². The third-order valence-corrected chi connectivity index (χ3v) is 7.54. The maximum Gasteiger partial charge on any atom is 0.212 e. The average molecular weight is 538 g/mol. The van der Waals surface area contributed by atoms with Crippen molar-refractivity contribution in [3.63, 3.8) is 0 Å². The highest BCUT2D eigenvalue weighted by Crippen LogP contribution is 2.34. The van der Waals surface area contributed by atoms with Crippen molar-refractivity contribution in [1.29, 1.82) is 0 Å². The number of hydrogen-bond donors (Lipinski definition) is 1. The topological polar surface area (TPSA) is 79.3 Å². The van der Waals surface area contributed by atoms with Gasteiger partial charge in [-0.1, -0.05) is 38.1 Å². The van der Waals surface area contributed by atoms with E-state index in [1.165, 1.54) is 5.56 Å². The third-order valence-electron chi connectivity index (χ3n) is 7.54. The van der Waals surface area contributed by atoms with Crippen LogP contribution in [0.15, 0.2) is 48.7 Å². The summed E-state index contributed by atoms with van der Waals surface area (Å²) in [5.41, 5.74) is 5.13. The number of hydrogen-bond acceptors (Lipinski definition) is 8. The van der Waals surface area contributed by atoms with Gasteiger partial charge in [-0.25, -0.2) is 19.9 Å². The zero-order valence-electron chi connectivity index (χ0n) is 24.2. The molecule has 8 heteroatoms. The molecule has 1 fully saturated rings. The molecule has 208 valence electrons. The lowest BCUT2D eigenvalue weighted by atomic mass is 10.0. The largest absolute Gasteiger partial charge is 0.481 e. The summed E-state index contributed by atoms with van der Waals surface area (Å²) in [6.07, 6.45) is 7.58. The van der Waals surface area contributed by atoms with E-state index in [0.29, 0.717) is 5.88 Å². The molecule has 0 spiro atoms. The lowest BCUT2D eigenvalue weighted by Gasteiger charge is -2.35. The molecule has 4 heterocycles. The molecule has 1 saturated heterocycles. The van der Waals surface area contributed by atoms with E-state index >= 15 is 0 Å². The maximum absolute atomic E-state index is 5.20. The van der Waals surface area contributed by atoms with Gasteiger partial charge in [-0.05, 0) is 50.2 Å². The zero-order chi connectivity index (χ0) is 28.1. The Hall–Kier alpha value is -4.04. The Morgan fingerprint density at radius 2 is 1.80 bits per heavy atom. The molecule has 1 N–H and O–H groups in total. The minimum Gasteiger partial charge on any atom is -0.481 e. The van der Waals surface area contributed by atoms with Crippen molar-refractivity contribution in [2.24, 2.45) is 0 Å². The van der Waals surface area contributed by atoms with Gasteiger partial charge in [0.05, 0.1) is 24.4 Å². The smallest absolute Gasteiger partial charge is 0.212 e. The fourth-order valence-corrected chi connectivity index (χ4v) is 5.11. The standard InChI is InChI=1S/C32H39N7O/c1-6-27(26-20-24-10-8-9-11-28(24)36-32(26)39-18-16-38(4)17-19-39)35-31-25(22(3)34-29(7-2)37-31)14-12-23-13-15-30(40-5)33-21-23/h8-15,20-21,27H,6-7,16-19H2,1-5H3,(H,34,35,37)/b14-12+. The van der Waals surface area contributed by atoms with Gasteiger partial charge in [-0.2, -0.15) is 0 Å². The van der Waals surface area contributed by atoms with Gasteiger partial charge >= 0.3 is 0 Å². The number of ether oxygens (including phenoxy) is 1. The SMILES string of the molecule is CCc1nc(C)c(/C=C/c2ccc(OC)nc2)c(NC(CC)c2cc3ccccc3nc2N2CCN(C)CC2)n1. The number of benzene rings is 1. The molecular formula is C32H39N7O. The quantitative estimate of drug-likeness (QED) is 0.288. The number of piperazine rings is 1. The number of nitrogens with one attached hydrogen (secondary N) is 1. The van der Waals surface area contributed by atoms with Crippen LogP contribution in [0.5, 0.6) is 5.88 Å². The molecule has 1 unspecified atom stereocenters. The second-order valence-corrected chi connectivity index (χ2v) is 10.3. The fraction of sp³-hybridized carbons (Fsp3) is 0.375. The van der Waals surface area contributed by atoms with Crippen molar-refractivity contribution in [1.82, 2.24) is 24.8 Å². The van der Waals surface area contributed by atoms with Crippen LogP contribution in [-0.4, -0.2) is 65.2 Å². The second-order valence-electron chi connectivity index (χ2n) is 10.3. The van der Waals surface area contributed by atoms with Crippen molar-refractivity contribution < 1.29 is 4.74 Å². The van der Waals surface area contributed by atoms with Gasteiger partial charge in [0.1, 0.15) is 17.5 Å². The fourth-order valence-electron chi connectivity index (χ4n) is 5.11. The van der Waals surface area contributed by atoms with Gasteiger partial charge in [0.15, 0.2) is 0 Å². The van der Waals surface area contributed by atoms with Gasteiger partial charge in [0, 0.05) is 61.4 Å². The van der Waals surface area contributed by atoms with Gasteiger partial charge in [0.2, 0.25) is 5.88 Å². The van der Waals surface area contributed by atoms with E-state index in [4.69, 9.17) is 19.7 Å². The van der Waals surface area contributed by atoms with Crippen LogP contribution in [0.1, 0.15) is 54.5 Å². The highest BCUT2D eigenvalue weighted by atomic mass is 16.5. The van der Waals surface area contributed by atoms with Gasteiger partial charge < -0.3 is 19.9 Å². The summed E-state index contributed by atoms with van der Waals surface area (Å²) in [7, 11) is 3.80. The highest BCUT2D eigenvalue weighted by Gasteiger charge is 2.24. The lowest BCUT2D eigenvalue weighted by Crippen LogP contribution is -2.45. The first-order valence-electron chi connectivity index (χ1n) is 14.1. The second kappa shape index (κ2) is 12.4. The van der Waals surface area contributed by atoms with Crippen LogP contribution in [-0.2, 0) is 6.42 Å². The van der Waals surface area contributed by atoms with E-state index in [2.05, 4.69) is 77.4 Å². The van der Waals surface area contributed by atoms with E-state index < -0.39 is 0 Å². The van der Waals surface area contributed by atoms with Gasteiger partial charge in [0.25, 0.3) is 0 Å². The number of aryl methyl sites for hydroxylation is 2. The summed E-state index contributed by atoms with van der Waals surface area (Å²) in [5.74, 6) is 3.33. The third kappa shape index (κ3) is 6.07. The van der Waals surface area contributed by atoms with Crippen LogP contribution in [0.2, 0.25) is 0 Å².